The van der Waals surface area contributed by atoms with E-state index in [0.29, 0.717) is 5.69 Å². The minimum atomic E-state index is -1.63. The topological polar surface area (TPSA) is 139 Å². The molecule has 5 atom stereocenters. The maximum atomic E-state index is 12.0. The molecule has 1 heterocycles. The van der Waals surface area contributed by atoms with Crippen LogP contribution in [0.3, 0.4) is 0 Å². The summed E-state index contributed by atoms with van der Waals surface area (Å²) in [5.41, 5.74) is 0.356. The van der Waals surface area contributed by atoms with Crippen LogP contribution in [0.2, 0.25) is 0 Å². The summed E-state index contributed by atoms with van der Waals surface area (Å²) >= 11 is 0. The van der Waals surface area contributed by atoms with Gasteiger partial charge in [-0.1, -0.05) is 0 Å². The van der Waals surface area contributed by atoms with Gasteiger partial charge in [0.25, 0.3) is 5.91 Å². The van der Waals surface area contributed by atoms with Crippen LogP contribution in [0.15, 0.2) is 24.3 Å². The molecule has 8 nitrogen and oxygen atoms in total. The third-order valence-electron chi connectivity index (χ3n) is 3.29. The van der Waals surface area contributed by atoms with Crippen molar-refractivity contribution in [3.63, 3.8) is 0 Å². The molecule has 0 aliphatic carbocycles. The lowest BCUT2D eigenvalue weighted by Gasteiger charge is -2.39. The second kappa shape index (κ2) is 6.37. The zero-order valence-electron chi connectivity index (χ0n) is 11.0. The van der Waals surface area contributed by atoms with E-state index in [1.165, 1.54) is 24.3 Å². The number of phenols is 1. The molecule has 0 bridgehead atoms. The summed E-state index contributed by atoms with van der Waals surface area (Å²) in [6.45, 7) is -0.603. The summed E-state index contributed by atoms with van der Waals surface area (Å²) in [5.74, 6) is -0.710. The molecular formula is C13H17NO7. The van der Waals surface area contributed by atoms with Crippen LogP contribution in [0.4, 0.5) is 5.69 Å². The number of aromatic hydroxyl groups is 1. The van der Waals surface area contributed by atoms with E-state index in [1.807, 2.05) is 0 Å². The van der Waals surface area contributed by atoms with E-state index in [1.54, 1.807) is 0 Å². The van der Waals surface area contributed by atoms with E-state index in [2.05, 4.69) is 5.32 Å². The van der Waals surface area contributed by atoms with Gasteiger partial charge in [0.05, 0.1) is 6.61 Å². The summed E-state index contributed by atoms with van der Waals surface area (Å²) in [5, 5.41) is 49.7. The summed E-state index contributed by atoms with van der Waals surface area (Å²) in [6.07, 6.45) is -7.32. The van der Waals surface area contributed by atoms with E-state index in [0.717, 1.165) is 0 Å². The highest BCUT2D eigenvalue weighted by molar-refractivity contribution is 5.94. The maximum absolute atomic E-state index is 12.0. The Hall–Kier alpha value is -1.71. The number of anilines is 1. The average molecular weight is 299 g/mol. The molecule has 116 valence electrons. The largest absolute Gasteiger partial charge is 0.508 e. The molecule has 0 saturated carbocycles. The Labute approximate surface area is 120 Å². The van der Waals surface area contributed by atoms with Gasteiger partial charge in [0.15, 0.2) is 6.10 Å². The minimum absolute atomic E-state index is 0.0286. The summed E-state index contributed by atoms with van der Waals surface area (Å²) in [7, 11) is 0. The monoisotopic (exact) mass is 299 g/mol. The number of amides is 1. The number of carbonyl (C=O) groups is 1. The highest BCUT2D eigenvalue weighted by atomic mass is 16.5. The number of hydrogen-bond acceptors (Lipinski definition) is 7. The van der Waals surface area contributed by atoms with Crippen LogP contribution < -0.4 is 5.32 Å². The highest BCUT2D eigenvalue weighted by Gasteiger charge is 2.46. The van der Waals surface area contributed by atoms with Gasteiger partial charge in [0.2, 0.25) is 0 Å². The predicted octanol–water partition coefficient (Wildman–Crippen LogP) is -1.83. The molecule has 0 radical (unpaired) electrons. The molecule has 21 heavy (non-hydrogen) atoms. The van der Waals surface area contributed by atoms with Crippen molar-refractivity contribution in [1.82, 2.24) is 0 Å². The molecule has 1 aromatic rings. The zero-order valence-corrected chi connectivity index (χ0v) is 11.0. The van der Waals surface area contributed by atoms with E-state index < -0.39 is 43.0 Å². The van der Waals surface area contributed by atoms with Crippen molar-refractivity contribution in [2.75, 3.05) is 11.9 Å². The Morgan fingerprint density at radius 3 is 2.29 bits per heavy atom. The SMILES string of the molecule is O=C(Nc1ccc(O)cc1)[C@H]1OC(CO)C(O)C(O)C1O. The average Bonchev–Trinajstić information content (AvgIpc) is 2.47. The van der Waals surface area contributed by atoms with Gasteiger partial charge in [0, 0.05) is 5.69 Å². The molecule has 1 fully saturated rings. The van der Waals surface area contributed by atoms with Crippen LogP contribution in [-0.2, 0) is 9.53 Å². The third-order valence-corrected chi connectivity index (χ3v) is 3.29. The first kappa shape index (κ1) is 15.7. The Morgan fingerprint density at radius 1 is 1.10 bits per heavy atom. The van der Waals surface area contributed by atoms with Gasteiger partial charge < -0.3 is 35.6 Å². The second-order valence-electron chi connectivity index (χ2n) is 4.79. The Bertz CT molecular complexity index is 490. The maximum Gasteiger partial charge on any atom is 0.256 e. The number of aliphatic hydroxyl groups excluding tert-OH is 4. The lowest BCUT2D eigenvalue weighted by Crippen LogP contribution is -2.61. The van der Waals surface area contributed by atoms with E-state index in [9.17, 15) is 20.1 Å². The smallest absolute Gasteiger partial charge is 0.256 e. The Kier molecular flexibility index (Phi) is 4.76. The van der Waals surface area contributed by atoms with Crippen LogP contribution in [-0.4, -0.2) is 68.6 Å². The number of carbonyl (C=O) groups excluding carboxylic acids is 1. The van der Waals surface area contributed by atoms with Gasteiger partial charge >= 0.3 is 0 Å². The number of phenolic OH excluding ortho intramolecular Hbond substituents is 1. The van der Waals surface area contributed by atoms with Gasteiger partial charge in [-0.3, -0.25) is 4.79 Å². The van der Waals surface area contributed by atoms with E-state index in [4.69, 9.17) is 14.9 Å². The number of benzene rings is 1. The first-order valence-corrected chi connectivity index (χ1v) is 6.34. The van der Waals surface area contributed by atoms with Crippen molar-refractivity contribution >= 4 is 11.6 Å². The quantitative estimate of drug-likeness (QED) is 0.361. The first-order chi connectivity index (χ1) is 9.93. The number of rotatable bonds is 3. The second-order valence-corrected chi connectivity index (χ2v) is 4.79. The molecule has 8 heteroatoms. The standard InChI is InChI=1S/C13H17NO7/c15-5-8-9(17)10(18)11(19)12(21-8)13(20)14-6-1-3-7(16)4-2-6/h1-4,8-12,15-19H,5H2,(H,14,20)/t8?,9?,10?,11?,12-/m0/s1. The zero-order chi connectivity index (χ0) is 15.6. The van der Waals surface area contributed by atoms with E-state index >= 15 is 0 Å². The van der Waals surface area contributed by atoms with Crippen LogP contribution in [0.5, 0.6) is 5.75 Å². The Balaban J connectivity index is 2.08. The van der Waals surface area contributed by atoms with Crippen molar-refractivity contribution in [2.24, 2.45) is 0 Å². The van der Waals surface area contributed by atoms with Gasteiger partial charge in [-0.2, -0.15) is 0 Å². The van der Waals surface area contributed by atoms with Crippen molar-refractivity contribution in [3.05, 3.63) is 24.3 Å². The van der Waals surface area contributed by atoms with Crippen molar-refractivity contribution in [2.45, 2.75) is 30.5 Å². The van der Waals surface area contributed by atoms with Crippen LogP contribution in [0, 0.1) is 0 Å². The third kappa shape index (κ3) is 3.31. The molecule has 0 aromatic heterocycles. The number of nitrogens with one attached hydrogen (secondary N) is 1. The number of ether oxygens (including phenoxy) is 1. The van der Waals surface area contributed by atoms with Crippen molar-refractivity contribution in [1.29, 1.82) is 0 Å². The molecule has 1 aliphatic rings. The van der Waals surface area contributed by atoms with Crippen molar-refractivity contribution in [3.8, 4) is 5.75 Å². The molecule has 2 rings (SSSR count). The molecular weight excluding hydrogens is 282 g/mol. The van der Waals surface area contributed by atoms with Gasteiger partial charge in [-0.05, 0) is 24.3 Å². The van der Waals surface area contributed by atoms with E-state index in [-0.39, 0.29) is 5.75 Å². The fourth-order valence-electron chi connectivity index (χ4n) is 2.08. The van der Waals surface area contributed by atoms with Crippen molar-refractivity contribution < 1.29 is 35.1 Å². The number of hydrogen-bond donors (Lipinski definition) is 6. The lowest BCUT2D eigenvalue weighted by atomic mass is 9.94. The van der Waals surface area contributed by atoms with Gasteiger partial charge in [-0.25, -0.2) is 0 Å². The molecule has 1 aliphatic heterocycles. The highest BCUT2D eigenvalue weighted by Crippen LogP contribution is 2.22. The fourth-order valence-corrected chi connectivity index (χ4v) is 2.08. The predicted molar refractivity (Wildman–Crippen MR) is 70.5 cm³/mol. The summed E-state index contributed by atoms with van der Waals surface area (Å²) < 4.78 is 5.12. The molecule has 0 spiro atoms. The molecule has 1 saturated heterocycles. The van der Waals surface area contributed by atoms with Crippen LogP contribution in [0.25, 0.3) is 0 Å². The summed E-state index contributed by atoms with van der Waals surface area (Å²) in [6, 6.07) is 5.61. The normalized spacial score (nSPS) is 32.7. The summed E-state index contributed by atoms with van der Waals surface area (Å²) in [4.78, 5) is 12.0. The number of aliphatic hydroxyl groups is 4. The molecule has 4 unspecified atom stereocenters. The molecule has 1 amide bonds. The van der Waals surface area contributed by atoms with Gasteiger partial charge in [-0.15, -0.1) is 0 Å². The Morgan fingerprint density at radius 2 is 1.71 bits per heavy atom. The van der Waals surface area contributed by atoms with Crippen LogP contribution in [0.1, 0.15) is 0 Å². The molecule has 6 N–H and O–H groups in total. The lowest BCUT2D eigenvalue weighted by molar-refractivity contribution is -0.224. The first-order valence-electron chi connectivity index (χ1n) is 6.34. The minimum Gasteiger partial charge on any atom is -0.508 e. The van der Waals surface area contributed by atoms with Gasteiger partial charge in [0.1, 0.15) is 30.2 Å². The molecule has 1 aromatic carbocycles. The fraction of sp³-hybridized carbons (Fsp3) is 0.462. The van der Waals surface area contributed by atoms with Crippen LogP contribution >= 0.6 is 0 Å².